The van der Waals surface area contributed by atoms with Gasteiger partial charge in [-0.1, -0.05) is 50.2 Å². The lowest BCUT2D eigenvalue weighted by molar-refractivity contribution is -0.145. The highest BCUT2D eigenvalue weighted by molar-refractivity contribution is 5.85. The van der Waals surface area contributed by atoms with Gasteiger partial charge >= 0.3 is 12.1 Å². The van der Waals surface area contributed by atoms with Crippen LogP contribution in [0.3, 0.4) is 0 Å². The van der Waals surface area contributed by atoms with E-state index < -0.39 is 29.6 Å². The maximum atomic E-state index is 12.7. The van der Waals surface area contributed by atoms with E-state index in [1.54, 1.807) is 26.8 Å². The molecule has 0 aromatic heterocycles. The summed E-state index contributed by atoms with van der Waals surface area (Å²) in [5.41, 5.74) is 1.10. The number of rotatable bonds is 15. The van der Waals surface area contributed by atoms with Gasteiger partial charge in [0.25, 0.3) is 5.91 Å². The Labute approximate surface area is 237 Å². The van der Waals surface area contributed by atoms with E-state index in [0.717, 1.165) is 23.3 Å². The lowest BCUT2D eigenvalue weighted by Gasteiger charge is -2.20. The van der Waals surface area contributed by atoms with Crippen molar-refractivity contribution in [3.8, 4) is 22.6 Å². The average Bonchev–Trinajstić information content (AvgIpc) is 2.90. The van der Waals surface area contributed by atoms with Crippen molar-refractivity contribution in [2.45, 2.75) is 71.9 Å². The molecule has 9 nitrogen and oxygen atoms in total. The Kier molecular flexibility index (Phi) is 13.3. The molecule has 0 fully saturated rings. The van der Waals surface area contributed by atoms with Gasteiger partial charge in [0.1, 0.15) is 23.1 Å². The van der Waals surface area contributed by atoms with Crippen LogP contribution in [0.2, 0.25) is 0 Å². The largest absolute Gasteiger partial charge is 0.493 e. The number of carbonyl (C=O) groups is 3. The van der Waals surface area contributed by atoms with Crippen LogP contribution in [0.1, 0.15) is 60.3 Å². The topological polar surface area (TPSA) is 112 Å². The first-order valence-corrected chi connectivity index (χ1v) is 13.8. The Hall–Kier alpha value is -3.75. The van der Waals surface area contributed by atoms with Crippen LogP contribution in [0.4, 0.5) is 4.79 Å². The molecule has 2 N–H and O–H groups in total. The Bertz CT molecular complexity index is 1100. The highest BCUT2D eigenvalue weighted by Gasteiger charge is 2.22. The smallest absolute Gasteiger partial charge is 0.407 e. The van der Waals surface area contributed by atoms with Crippen LogP contribution in [0.15, 0.2) is 48.5 Å². The molecule has 1 atom stereocenters. The molecule has 0 aliphatic heterocycles. The van der Waals surface area contributed by atoms with Gasteiger partial charge < -0.3 is 29.6 Å². The van der Waals surface area contributed by atoms with Gasteiger partial charge in [0.05, 0.1) is 13.7 Å². The minimum absolute atomic E-state index is 0.277. The van der Waals surface area contributed by atoms with Gasteiger partial charge in [-0.2, -0.15) is 0 Å². The van der Waals surface area contributed by atoms with Gasteiger partial charge in [-0.25, -0.2) is 9.59 Å². The Morgan fingerprint density at radius 1 is 0.850 bits per heavy atom. The summed E-state index contributed by atoms with van der Waals surface area (Å²) in [5, 5.41) is 5.38. The SMILES string of the molecule is COC(=O)[C@@H](CCCCNC(=O)OC(C)(C)C)NC(=O)COc1ccccc1-c1ccccc1OCCC(C)C. The second-order valence-corrected chi connectivity index (χ2v) is 10.9. The molecule has 2 amide bonds. The quantitative estimate of drug-likeness (QED) is 0.220. The number of methoxy groups -OCH3 is 1. The van der Waals surface area contributed by atoms with Crippen molar-refractivity contribution in [2.75, 3.05) is 26.9 Å². The van der Waals surface area contributed by atoms with Crippen molar-refractivity contribution >= 4 is 18.0 Å². The van der Waals surface area contributed by atoms with Crippen LogP contribution in [0.5, 0.6) is 11.5 Å². The zero-order valence-corrected chi connectivity index (χ0v) is 24.6. The van der Waals surface area contributed by atoms with E-state index in [4.69, 9.17) is 18.9 Å². The van der Waals surface area contributed by atoms with Crippen LogP contribution in [-0.4, -0.2) is 56.5 Å². The molecule has 0 heterocycles. The molecule has 2 rings (SSSR count). The normalized spacial score (nSPS) is 11.9. The maximum Gasteiger partial charge on any atom is 0.407 e. The number of alkyl carbamates (subject to hydrolysis) is 1. The van der Waals surface area contributed by atoms with Gasteiger partial charge in [0.2, 0.25) is 0 Å². The fourth-order valence-corrected chi connectivity index (χ4v) is 3.78. The number of esters is 1. The van der Waals surface area contributed by atoms with E-state index in [0.29, 0.717) is 44.1 Å². The monoisotopic (exact) mass is 556 g/mol. The number of para-hydroxylation sites is 2. The van der Waals surface area contributed by atoms with E-state index >= 15 is 0 Å². The van der Waals surface area contributed by atoms with E-state index in [2.05, 4.69) is 24.5 Å². The van der Waals surface area contributed by atoms with Crippen molar-refractivity contribution in [2.24, 2.45) is 5.92 Å². The van der Waals surface area contributed by atoms with Crippen LogP contribution in [0, 0.1) is 5.92 Å². The molecule has 220 valence electrons. The minimum atomic E-state index is -0.826. The third kappa shape index (κ3) is 12.0. The molecule has 0 bridgehead atoms. The third-order valence-corrected chi connectivity index (χ3v) is 5.78. The number of ether oxygens (including phenoxy) is 4. The minimum Gasteiger partial charge on any atom is -0.493 e. The van der Waals surface area contributed by atoms with Gasteiger partial charge in [-0.3, -0.25) is 4.79 Å². The first kappa shape index (κ1) is 32.5. The van der Waals surface area contributed by atoms with Crippen molar-refractivity contribution < 1.29 is 33.3 Å². The summed E-state index contributed by atoms with van der Waals surface area (Å²) < 4.78 is 22.0. The molecule has 0 aliphatic rings. The van der Waals surface area contributed by atoms with Crippen molar-refractivity contribution in [3.05, 3.63) is 48.5 Å². The van der Waals surface area contributed by atoms with Gasteiger partial charge in [0, 0.05) is 17.7 Å². The molecule has 2 aromatic rings. The predicted molar refractivity (Wildman–Crippen MR) is 154 cm³/mol. The van der Waals surface area contributed by atoms with Crippen molar-refractivity contribution in [3.63, 3.8) is 0 Å². The van der Waals surface area contributed by atoms with Crippen molar-refractivity contribution in [1.82, 2.24) is 10.6 Å². The van der Waals surface area contributed by atoms with Gasteiger partial charge in [0.15, 0.2) is 6.61 Å². The lowest BCUT2D eigenvalue weighted by Crippen LogP contribution is -2.43. The highest BCUT2D eigenvalue weighted by atomic mass is 16.6. The first-order chi connectivity index (χ1) is 19.0. The molecule has 0 saturated carbocycles. The first-order valence-electron chi connectivity index (χ1n) is 13.8. The van der Waals surface area contributed by atoms with E-state index in [-0.39, 0.29) is 6.61 Å². The number of amides is 2. The highest BCUT2D eigenvalue weighted by Crippen LogP contribution is 2.36. The summed E-state index contributed by atoms with van der Waals surface area (Å²) in [5.74, 6) is 0.819. The van der Waals surface area contributed by atoms with E-state index in [9.17, 15) is 14.4 Å². The third-order valence-electron chi connectivity index (χ3n) is 5.78. The van der Waals surface area contributed by atoms with Crippen LogP contribution in [-0.2, 0) is 19.1 Å². The Morgan fingerprint density at radius 3 is 2.02 bits per heavy atom. The number of hydrogen-bond donors (Lipinski definition) is 2. The molecule has 0 saturated heterocycles. The predicted octanol–water partition coefficient (Wildman–Crippen LogP) is 5.51. The molecule has 0 aliphatic carbocycles. The molecule has 40 heavy (non-hydrogen) atoms. The summed E-state index contributed by atoms with van der Waals surface area (Å²) in [7, 11) is 1.28. The fourth-order valence-electron chi connectivity index (χ4n) is 3.78. The molecule has 0 unspecified atom stereocenters. The van der Waals surface area contributed by atoms with E-state index in [1.165, 1.54) is 7.11 Å². The molecule has 9 heteroatoms. The zero-order chi connectivity index (χ0) is 29.5. The van der Waals surface area contributed by atoms with Crippen LogP contribution < -0.4 is 20.1 Å². The summed E-state index contributed by atoms with van der Waals surface area (Å²) in [6.45, 7) is 10.4. The molecular weight excluding hydrogens is 512 g/mol. The lowest BCUT2D eigenvalue weighted by atomic mass is 10.0. The number of unbranched alkanes of at least 4 members (excludes halogenated alkanes) is 1. The molecule has 0 spiro atoms. The average molecular weight is 557 g/mol. The van der Waals surface area contributed by atoms with E-state index in [1.807, 2.05) is 42.5 Å². The summed E-state index contributed by atoms with van der Waals surface area (Å²) in [6.07, 6.45) is 1.98. The second kappa shape index (κ2) is 16.4. The van der Waals surface area contributed by atoms with Crippen LogP contribution in [0.25, 0.3) is 11.1 Å². The molecule has 2 aromatic carbocycles. The number of hydrogen-bond acceptors (Lipinski definition) is 7. The molecular formula is C31H44N2O7. The zero-order valence-electron chi connectivity index (χ0n) is 24.6. The molecule has 0 radical (unpaired) electrons. The number of benzene rings is 2. The fraction of sp³-hybridized carbons (Fsp3) is 0.516. The number of carbonyl (C=O) groups excluding carboxylic acids is 3. The Balaban J connectivity index is 1.94. The summed E-state index contributed by atoms with van der Waals surface area (Å²) in [6, 6.07) is 14.3. The maximum absolute atomic E-state index is 12.7. The van der Waals surface area contributed by atoms with Gasteiger partial charge in [-0.15, -0.1) is 0 Å². The van der Waals surface area contributed by atoms with Crippen molar-refractivity contribution in [1.29, 1.82) is 0 Å². The summed E-state index contributed by atoms with van der Waals surface area (Å²) >= 11 is 0. The Morgan fingerprint density at radius 2 is 1.45 bits per heavy atom. The summed E-state index contributed by atoms with van der Waals surface area (Å²) in [4.78, 5) is 36.8. The number of nitrogens with one attached hydrogen (secondary N) is 2. The standard InChI is InChI=1S/C31H44N2O7/c1-22(2)18-20-38-26-16-9-7-13-23(26)24-14-8-10-17-27(24)39-21-28(34)33-25(29(35)37-6)15-11-12-19-32-30(36)40-31(3,4)5/h7-10,13-14,16-17,22,25H,11-12,15,18-21H2,1-6H3,(H,32,36)(H,33,34)/t25-/m1/s1. The second-order valence-electron chi connectivity index (χ2n) is 10.9. The van der Waals surface area contributed by atoms with Gasteiger partial charge in [-0.05, 0) is 64.5 Å². The van der Waals surface area contributed by atoms with Crippen LogP contribution >= 0.6 is 0 Å².